The van der Waals surface area contributed by atoms with Crippen LogP contribution >= 0.6 is 0 Å². The third kappa shape index (κ3) is 4.98. The first-order chi connectivity index (χ1) is 8.85. The van der Waals surface area contributed by atoms with Crippen LogP contribution in [0, 0.1) is 0 Å². The topological polar surface area (TPSA) is 87.3 Å². The van der Waals surface area contributed by atoms with Gasteiger partial charge in [-0.15, -0.1) is 0 Å². The number of carbonyl (C=O) groups excluding carboxylic acids is 1. The van der Waals surface area contributed by atoms with E-state index in [1.807, 2.05) is 0 Å². The Hall–Kier alpha value is -1.44. The van der Waals surface area contributed by atoms with Crippen LogP contribution in [0.25, 0.3) is 0 Å². The Morgan fingerprint density at radius 3 is 2.32 bits per heavy atom. The van der Waals surface area contributed by atoms with Gasteiger partial charge in [0.25, 0.3) is 0 Å². The molecule has 0 saturated heterocycles. The molecular weight excluding hydrogens is 266 g/mol. The number of sulfonamides is 1. The van der Waals surface area contributed by atoms with E-state index in [9.17, 15) is 13.2 Å². The average Bonchev–Trinajstić information content (AvgIpc) is 2.28. The van der Waals surface area contributed by atoms with Crippen molar-refractivity contribution in [3.05, 3.63) is 24.3 Å². The molecule has 1 unspecified atom stereocenters. The highest BCUT2D eigenvalue weighted by Gasteiger charge is 2.16. The normalized spacial score (nSPS) is 13.0. The van der Waals surface area contributed by atoms with E-state index in [4.69, 9.17) is 0 Å². The van der Waals surface area contributed by atoms with Gasteiger partial charge in [0.15, 0.2) is 0 Å². The molecule has 0 saturated carbocycles. The van der Waals surface area contributed by atoms with E-state index in [0.29, 0.717) is 12.2 Å². The molecule has 19 heavy (non-hydrogen) atoms. The van der Waals surface area contributed by atoms with Gasteiger partial charge in [-0.3, -0.25) is 4.79 Å². The molecule has 1 aromatic carbocycles. The molecule has 0 spiro atoms. The number of rotatable bonds is 6. The maximum Gasteiger partial charge on any atom is 0.240 e. The molecule has 0 aromatic heterocycles. The Kier molecular flexibility index (Phi) is 5.46. The summed E-state index contributed by atoms with van der Waals surface area (Å²) in [6.07, 6.45) is 0. The zero-order valence-electron chi connectivity index (χ0n) is 11.2. The van der Waals surface area contributed by atoms with E-state index >= 15 is 0 Å². The molecule has 1 atom stereocenters. The molecule has 7 heteroatoms. The van der Waals surface area contributed by atoms with E-state index in [1.165, 1.54) is 19.1 Å². The summed E-state index contributed by atoms with van der Waals surface area (Å²) in [5.41, 5.74) is 0.565. The number of nitrogens with one attached hydrogen (secondary N) is 3. The van der Waals surface area contributed by atoms with Gasteiger partial charge in [0.1, 0.15) is 0 Å². The van der Waals surface area contributed by atoms with Crippen molar-refractivity contribution < 1.29 is 13.2 Å². The van der Waals surface area contributed by atoms with Crippen LogP contribution in [0.5, 0.6) is 0 Å². The smallest absolute Gasteiger partial charge is 0.240 e. The summed E-state index contributed by atoms with van der Waals surface area (Å²) in [5.74, 6) is -0.198. The number of hydrogen-bond acceptors (Lipinski definition) is 4. The standard InChI is InChI=1S/C12H19N3O3S/c1-9(8-13-3)15-19(17,18)12-6-4-11(5-7-12)14-10(2)16/h4-7,9,13,15H,8H2,1-3H3,(H,14,16). The highest BCUT2D eigenvalue weighted by Crippen LogP contribution is 2.14. The zero-order chi connectivity index (χ0) is 14.5. The lowest BCUT2D eigenvalue weighted by Gasteiger charge is -2.13. The Balaban J connectivity index is 2.81. The number of anilines is 1. The molecule has 106 valence electrons. The van der Waals surface area contributed by atoms with Crippen molar-refractivity contribution in [1.29, 1.82) is 0 Å². The molecule has 0 aliphatic rings. The fourth-order valence-corrected chi connectivity index (χ4v) is 2.84. The zero-order valence-corrected chi connectivity index (χ0v) is 12.0. The number of hydrogen-bond donors (Lipinski definition) is 3. The van der Waals surface area contributed by atoms with E-state index < -0.39 is 10.0 Å². The van der Waals surface area contributed by atoms with Crippen molar-refractivity contribution in [3.8, 4) is 0 Å². The molecule has 6 nitrogen and oxygen atoms in total. The van der Waals surface area contributed by atoms with Crippen LogP contribution in [-0.2, 0) is 14.8 Å². The van der Waals surface area contributed by atoms with Crippen LogP contribution < -0.4 is 15.4 Å². The van der Waals surface area contributed by atoms with Gasteiger partial charge in [-0.2, -0.15) is 0 Å². The van der Waals surface area contributed by atoms with Crippen LogP contribution in [-0.4, -0.2) is 34.0 Å². The SMILES string of the molecule is CNCC(C)NS(=O)(=O)c1ccc(NC(C)=O)cc1. The maximum atomic E-state index is 12.0. The van der Waals surface area contributed by atoms with E-state index in [1.54, 1.807) is 26.1 Å². The fourth-order valence-electron chi connectivity index (χ4n) is 1.60. The summed E-state index contributed by atoms with van der Waals surface area (Å²) in [7, 11) is -1.77. The summed E-state index contributed by atoms with van der Waals surface area (Å²) >= 11 is 0. The summed E-state index contributed by atoms with van der Waals surface area (Å²) in [6.45, 7) is 3.72. The van der Waals surface area contributed by atoms with Gasteiger partial charge >= 0.3 is 0 Å². The van der Waals surface area contributed by atoms with Gasteiger partial charge in [0, 0.05) is 25.2 Å². The number of amides is 1. The van der Waals surface area contributed by atoms with Gasteiger partial charge < -0.3 is 10.6 Å². The second-order valence-corrected chi connectivity index (χ2v) is 6.00. The predicted octanol–water partition coefficient (Wildman–Crippen LogP) is 0.531. The highest BCUT2D eigenvalue weighted by molar-refractivity contribution is 7.89. The fraction of sp³-hybridized carbons (Fsp3) is 0.417. The summed E-state index contributed by atoms with van der Waals surface area (Å²) in [4.78, 5) is 11.0. The predicted molar refractivity (Wildman–Crippen MR) is 74.5 cm³/mol. The van der Waals surface area contributed by atoms with Gasteiger partial charge in [-0.05, 0) is 38.2 Å². The molecule has 1 amide bonds. The molecule has 1 rings (SSSR count). The van der Waals surface area contributed by atoms with Crippen LogP contribution in [0.15, 0.2) is 29.2 Å². The molecule has 3 N–H and O–H groups in total. The van der Waals surface area contributed by atoms with Crippen LogP contribution in [0.1, 0.15) is 13.8 Å². The van der Waals surface area contributed by atoms with Crippen molar-refractivity contribution in [2.24, 2.45) is 0 Å². The van der Waals surface area contributed by atoms with Crippen LogP contribution in [0.3, 0.4) is 0 Å². The lowest BCUT2D eigenvalue weighted by atomic mass is 10.3. The average molecular weight is 285 g/mol. The molecule has 0 fully saturated rings. The highest BCUT2D eigenvalue weighted by atomic mass is 32.2. The molecule has 0 radical (unpaired) electrons. The lowest BCUT2D eigenvalue weighted by Crippen LogP contribution is -2.38. The van der Waals surface area contributed by atoms with Crippen molar-refractivity contribution in [2.75, 3.05) is 18.9 Å². The van der Waals surface area contributed by atoms with E-state index in [2.05, 4.69) is 15.4 Å². The number of benzene rings is 1. The Bertz CT molecular complexity index is 526. The van der Waals surface area contributed by atoms with Gasteiger partial charge in [-0.1, -0.05) is 0 Å². The minimum absolute atomic E-state index is 0.171. The quantitative estimate of drug-likeness (QED) is 0.711. The van der Waals surface area contributed by atoms with E-state index in [0.717, 1.165) is 0 Å². The summed E-state index contributed by atoms with van der Waals surface area (Å²) in [6, 6.07) is 5.82. The van der Waals surface area contributed by atoms with Crippen LogP contribution in [0.4, 0.5) is 5.69 Å². The first-order valence-corrected chi connectivity index (χ1v) is 7.38. The Morgan fingerprint density at radius 1 is 1.26 bits per heavy atom. The maximum absolute atomic E-state index is 12.0. The first kappa shape index (κ1) is 15.6. The molecule has 1 aromatic rings. The molecular formula is C12H19N3O3S. The van der Waals surface area contributed by atoms with Crippen molar-refractivity contribution >= 4 is 21.6 Å². The number of carbonyl (C=O) groups is 1. The molecule has 0 aliphatic heterocycles. The monoisotopic (exact) mass is 285 g/mol. The number of likely N-dealkylation sites (N-methyl/N-ethyl adjacent to an activating group) is 1. The lowest BCUT2D eigenvalue weighted by molar-refractivity contribution is -0.114. The Morgan fingerprint density at radius 2 is 1.84 bits per heavy atom. The first-order valence-electron chi connectivity index (χ1n) is 5.89. The third-order valence-corrected chi connectivity index (χ3v) is 3.96. The second kappa shape index (κ2) is 6.65. The van der Waals surface area contributed by atoms with Crippen molar-refractivity contribution in [2.45, 2.75) is 24.8 Å². The molecule has 0 heterocycles. The summed E-state index contributed by atoms with van der Waals surface area (Å²) < 4.78 is 26.6. The molecule has 0 bridgehead atoms. The summed E-state index contributed by atoms with van der Waals surface area (Å²) in [5, 5.41) is 5.48. The third-order valence-electron chi connectivity index (χ3n) is 2.35. The minimum Gasteiger partial charge on any atom is -0.326 e. The largest absolute Gasteiger partial charge is 0.326 e. The van der Waals surface area contributed by atoms with Gasteiger partial charge in [0.2, 0.25) is 15.9 Å². The minimum atomic E-state index is -3.53. The van der Waals surface area contributed by atoms with Crippen molar-refractivity contribution in [3.63, 3.8) is 0 Å². The van der Waals surface area contributed by atoms with Crippen LogP contribution in [0.2, 0.25) is 0 Å². The van der Waals surface area contributed by atoms with Gasteiger partial charge in [0.05, 0.1) is 4.90 Å². The second-order valence-electron chi connectivity index (χ2n) is 4.29. The van der Waals surface area contributed by atoms with E-state index in [-0.39, 0.29) is 16.8 Å². The molecule has 0 aliphatic carbocycles. The Labute approximate surface area is 113 Å². The van der Waals surface area contributed by atoms with Crippen molar-refractivity contribution in [1.82, 2.24) is 10.0 Å². The van der Waals surface area contributed by atoms with Gasteiger partial charge in [-0.25, -0.2) is 13.1 Å².